The van der Waals surface area contributed by atoms with Crippen molar-refractivity contribution in [3.63, 3.8) is 0 Å². The molecule has 4 nitrogen and oxygen atoms in total. The highest BCUT2D eigenvalue weighted by Crippen LogP contribution is 2.20. The van der Waals surface area contributed by atoms with Crippen molar-refractivity contribution in [3.8, 4) is 0 Å². The number of ketones is 1. The van der Waals surface area contributed by atoms with Crippen LogP contribution in [0.3, 0.4) is 0 Å². The van der Waals surface area contributed by atoms with Crippen LogP contribution in [0.4, 0.5) is 10.1 Å². The molecule has 0 unspecified atom stereocenters. The van der Waals surface area contributed by atoms with Crippen molar-refractivity contribution < 1.29 is 14.0 Å². The fourth-order valence-electron chi connectivity index (χ4n) is 2.41. The number of aryl methyl sites for hydroxylation is 1. The topological polar surface area (TPSA) is 62.0 Å². The molecule has 0 spiro atoms. The van der Waals surface area contributed by atoms with Crippen molar-refractivity contribution in [1.82, 2.24) is 4.98 Å². The molecule has 0 bridgehead atoms. The highest BCUT2D eigenvalue weighted by Gasteiger charge is 2.20. The van der Waals surface area contributed by atoms with E-state index in [2.05, 4.69) is 10.3 Å². The molecule has 3 rings (SSSR count). The lowest BCUT2D eigenvalue weighted by atomic mass is 10.1. The number of amides is 1. The fraction of sp³-hybridized carbons (Fsp3) is 0.111. The average molecular weight is 310 g/mol. The van der Waals surface area contributed by atoms with Crippen molar-refractivity contribution in [2.45, 2.75) is 13.3 Å². The van der Waals surface area contributed by atoms with Gasteiger partial charge in [-0.25, -0.2) is 4.39 Å². The van der Waals surface area contributed by atoms with Gasteiger partial charge in [0.25, 0.3) is 11.7 Å². The number of anilines is 1. The molecule has 0 radical (unpaired) electrons. The first kappa shape index (κ1) is 15.0. The van der Waals surface area contributed by atoms with E-state index in [-0.39, 0.29) is 5.56 Å². The molecule has 0 aliphatic heterocycles. The van der Waals surface area contributed by atoms with E-state index in [1.165, 1.54) is 24.4 Å². The Morgan fingerprint density at radius 2 is 1.87 bits per heavy atom. The maximum Gasteiger partial charge on any atom is 0.296 e. The van der Waals surface area contributed by atoms with E-state index < -0.39 is 17.5 Å². The maximum absolute atomic E-state index is 13.4. The van der Waals surface area contributed by atoms with Crippen LogP contribution in [0.15, 0.2) is 48.7 Å². The van der Waals surface area contributed by atoms with E-state index in [0.29, 0.717) is 16.6 Å². The third kappa shape index (κ3) is 2.99. The molecule has 1 heterocycles. The number of hydrogen-bond acceptors (Lipinski definition) is 2. The summed E-state index contributed by atoms with van der Waals surface area (Å²) in [5.74, 6) is -1.91. The van der Waals surface area contributed by atoms with Gasteiger partial charge in [0.05, 0.1) is 5.56 Å². The highest BCUT2D eigenvalue weighted by atomic mass is 19.1. The van der Waals surface area contributed by atoms with Crippen LogP contribution in [0, 0.1) is 5.82 Å². The minimum atomic E-state index is -0.751. The summed E-state index contributed by atoms with van der Waals surface area (Å²) in [6.07, 6.45) is 2.32. The van der Waals surface area contributed by atoms with E-state index in [9.17, 15) is 14.0 Å². The van der Waals surface area contributed by atoms with Crippen molar-refractivity contribution in [2.75, 3.05) is 5.32 Å². The van der Waals surface area contributed by atoms with Crippen LogP contribution in [-0.4, -0.2) is 16.7 Å². The smallest absolute Gasteiger partial charge is 0.296 e. The van der Waals surface area contributed by atoms with Gasteiger partial charge < -0.3 is 10.3 Å². The molecule has 1 amide bonds. The molecule has 2 aromatic carbocycles. The number of aromatic nitrogens is 1. The number of nitrogens with one attached hydrogen (secondary N) is 2. The third-order valence-corrected chi connectivity index (χ3v) is 3.71. The first-order chi connectivity index (χ1) is 11.1. The number of hydrogen-bond donors (Lipinski definition) is 2. The van der Waals surface area contributed by atoms with E-state index in [4.69, 9.17) is 0 Å². The van der Waals surface area contributed by atoms with Gasteiger partial charge in [0.2, 0.25) is 0 Å². The van der Waals surface area contributed by atoms with Gasteiger partial charge in [0, 0.05) is 22.8 Å². The summed E-state index contributed by atoms with van der Waals surface area (Å²) in [7, 11) is 0. The second-order valence-electron chi connectivity index (χ2n) is 5.23. The van der Waals surface area contributed by atoms with Crippen molar-refractivity contribution in [3.05, 3.63) is 65.6 Å². The molecule has 23 heavy (non-hydrogen) atoms. The Balaban J connectivity index is 1.83. The van der Waals surface area contributed by atoms with Crippen LogP contribution in [0.5, 0.6) is 0 Å². The van der Waals surface area contributed by atoms with Crippen molar-refractivity contribution >= 4 is 28.3 Å². The number of Topliss-reactive ketones (excluding diaryl/α,β-unsaturated/α-hetero) is 1. The number of H-pyrrole nitrogens is 1. The lowest BCUT2D eigenvalue weighted by Gasteiger charge is -2.05. The lowest BCUT2D eigenvalue weighted by Crippen LogP contribution is -2.22. The third-order valence-electron chi connectivity index (χ3n) is 3.71. The van der Waals surface area contributed by atoms with E-state index in [1.807, 2.05) is 19.1 Å². The average Bonchev–Trinajstić information content (AvgIpc) is 2.97. The van der Waals surface area contributed by atoms with E-state index in [0.717, 1.165) is 12.0 Å². The maximum atomic E-state index is 13.4. The Hall–Kier alpha value is -2.95. The Kier molecular flexibility index (Phi) is 3.93. The SMILES string of the molecule is CCc1ccc(NC(=O)C(=O)c2c[nH]c3ccc(F)cc23)cc1. The Morgan fingerprint density at radius 1 is 1.13 bits per heavy atom. The highest BCUT2D eigenvalue weighted by molar-refractivity contribution is 6.48. The van der Waals surface area contributed by atoms with Crippen LogP contribution in [0.25, 0.3) is 10.9 Å². The van der Waals surface area contributed by atoms with E-state index in [1.54, 1.807) is 12.1 Å². The molecule has 0 aliphatic rings. The summed E-state index contributed by atoms with van der Waals surface area (Å²) in [6.45, 7) is 2.03. The predicted octanol–water partition coefficient (Wildman–Crippen LogP) is 3.69. The summed E-state index contributed by atoms with van der Waals surface area (Å²) in [4.78, 5) is 27.3. The minimum Gasteiger partial charge on any atom is -0.360 e. The van der Waals surface area contributed by atoms with Gasteiger partial charge in [-0.15, -0.1) is 0 Å². The predicted molar refractivity (Wildman–Crippen MR) is 87.0 cm³/mol. The van der Waals surface area contributed by atoms with Gasteiger partial charge in [0.1, 0.15) is 5.82 Å². The largest absolute Gasteiger partial charge is 0.360 e. The Labute approximate surface area is 132 Å². The molecule has 116 valence electrons. The minimum absolute atomic E-state index is 0.155. The number of carbonyl (C=O) groups excluding carboxylic acids is 2. The number of aromatic amines is 1. The van der Waals surface area contributed by atoms with Crippen molar-refractivity contribution in [2.24, 2.45) is 0 Å². The molecule has 2 N–H and O–H groups in total. The van der Waals surface area contributed by atoms with E-state index >= 15 is 0 Å². The van der Waals surface area contributed by atoms with Gasteiger partial charge in [0.15, 0.2) is 0 Å². The normalized spacial score (nSPS) is 10.7. The summed E-state index contributed by atoms with van der Waals surface area (Å²) in [5, 5.41) is 2.96. The molecule has 1 aromatic heterocycles. The quantitative estimate of drug-likeness (QED) is 0.570. The molecule has 0 aliphatic carbocycles. The molecule has 0 atom stereocenters. The van der Waals surface area contributed by atoms with Gasteiger partial charge in [-0.05, 0) is 42.3 Å². The summed E-state index contributed by atoms with van der Waals surface area (Å²) in [5.41, 5.74) is 2.45. The summed E-state index contributed by atoms with van der Waals surface area (Å²) in [6, 6.07) is 11.3. The number of fused-ring (bicyclic) bond motifs is 1. The van der Waals surface area contributed by atoms with Crippen LogP contribution >= 0.6 is 0 Å². The van der Waals surface area contributed by atoms with Gasteiger partial charge in [-0.2, -0.15) is 0 Å². The van der Waals surface area contributed by atoms with Crippen molar-refractivity contribution in [1.29, 1.82) is 0 Å². The zero-order valence-corrected chi connectivity index (χ0v) is 12.5. The number of rotatable bonds is 4. The van der Waals surface area contributed by atoms with Crippen LogP contribution in [0.2, 0.25) is 0 Å². The number of benzene rings is 2. The molecule has 0 fully saturated rings. The zero-order chi connectivity index (χ0) is 16.4. The first-order valence-corrected chi connectivity index (χ1v) is 7.29. The molecule has 3 aromatic rings. The zero-order valence-electron chi connectivity index (χ0n) is 12.5. The van der Waals surface area contributed by atoms with Crippen LogP contribution in [0.1, 0.15) is 22.8 Å². The van der Waals surface area contributed by atoms with Gasteiger partial charge in [-0.3, -0.25) is 9.59 Å². The molecule has 0 saturated heterocycles. The van der Waals surface area contributed by atoms with Crippen LogP contribution < -0.4 is 5.32 Å². The fourth-order valence-corrected chi connectivity index (χ4v) is 2.41. The lowest BCUT2D eigenvalue weighted by molar-refractivity contribution is -0.112. The number of halogens is 1. The standard InChI is InChI=1S/C18H15FN2O2/c1-2-11-3-6-13(7-4-11)21-18(23)17(22)15-10-20-16-8-5-12(19)9-14(15)16/h3-10,20H,2H2,1H3,(H,21,23). The Morgan fingerprint density at radius 3 is 2.57 bits per heavy atom. The molecular weight excluding hydrogens is 295 g/mol. The molecule has 0 saturated carbocycles. The second-order valence-corrected chi connectivity index (χ2v) is 5.23. The first-order valence-electron chi connectivity index (χ1n) is 7.29. The second kappa shape index (κ2) is 6.04. The Bertz CT molecular complexity index is 882. The summed E-state index contributed by atoms with van der Waals surface area (Å²) >= 11 is 0. The van der Waals surface area contributed by atoms with Gasteiger partial charge >= 0.3 is 0 Å². The molecule has 5 heteroatoms. The van der Waals surface area contributed by atoms with Crippen LogP contribution in [-0.2, 0) is 11.2 Å². The monoisotopic (exact) mass is 310 g/mol. The summed E-state index contributed by atoms with van der Waals surface area (Å²) < 4.78 is 13.4. The molecular formula is C18H15FN2O2. The number of carbonyl (C=O) groups is 2. The van der Waals surface area contributed by atoms with Gasteiger partial charge in [-0.1, -0.05) is 19.1 Å².